The molecule has 0 fully saturated rings. The van der Waals surface area contributed by atoms with Gasteiger partial charge in [-0.05, 0) is 56.0 Å². The minimum absolute atomic E-state index is 0.0734. The molecule has 0 aliphatic heterocycles. The number of nitro benzene ring substituents is 1. The quantitative estimate of drug-likeness (QED) is 0.329. The molecule has 0 saturated heterocycles. The molecule has 0 unspecified atom stereocenters. The molecule has 0 radical (unpaired) electrons. The molecule has 0 aliphatic carbocycles. The van der Waals surface area contributed by atoms with Crippen molar-refractivity contribution in [1.82, 2.24) is 10.9 Å². The Morgan fingerprint density at radius 1 is 1.03 bits per heavy atom. The van der Waals surface area contributed by atoms with Gasteiger partial charge in [-0.1, -0.05) is 26.0 Å². The molecule has 0 heterocycles. The van der Waals surface area contributed by atoms with Gasteiger partial charge in [-0.3, -0.25) is 30.6 Å². The third kappa shape index (κ3) is 7.57. The van der Waals surface area contributed by atoms with E-state index in [2.05, 4.69) is 10.9 Å². The van der Waals surface area contributed by atoms with Gasteiger partial charge in [0, 0.05) is 17.5 Å². The molecule has 2 N–H and O–H groups in total. The lowest BCUT2D eigenvalue weighted by atomic mass is 9.87. The van der Waals surface area contributed by atoms with Crippen molar-refractivity contribution in [2.24, 2.45) is 5.41 Å². The van der Waals surface area contributed by atoms with Crippen molar-refractivity contribution in [2.45, 2.75) is 40.5 Å². The predicted molar refractivity (Wildman–Crippen MR) is 119 cm³/mol. The molecule has 9 nitrogen and oxygen atoms in total. The maximum absolute atomic E-state index is 12.4. The average molecular weight is 444 g/mol. The van der Waals surface area contributed by atoms with E-state index in [4.69, 9.17) is 9.47 Å². The molecule has 0 aromatic heterocycles. The number of hydrazine groups is 1. The SMILES string of the molecule is Cc1ccc(C)c(OCCCC(C)(C)C(=O)NNC(=O)COc2ccc([N+](=O)[O-])cc2)c1. The van der Waals surface area contributed by atoms with Crippen LogP contribution in [0.5, 0.6) is 11.5 Å². The second kappa shape index (κ2) is 11.1. The van der Waals surface area contributed by atoms with Gasteiger partial charge in [0.2, 0.25) is 5.91 Å². The molecule has 0 bridgehead atoms. The maximum Gasteiger partial charge on any atom is 0.276 e. The van der Waals surface area contributed by atoms with Crippen LogP contribution in [0.3, 0.4) is 0 Å². The number of hydrogen-bond donors (Lipinski definition) is 2. The molecule has 0 atom stereocenters. The fraction of sp³-hybridized carbons (Fsp3) is 0.391. The van der Waals surface area contributed by atoms with Crippen LogP contribution in [0.2, 0.25) is 0 Å². The van der Waals surface area contributed by atoms with E-state index in [1.54, 1.807) is 13.8 Å². The molecule has 32 heavy (non-hydrogen) atoms. The van der Waals surface area contributed by atoms with Gasteiger partial charge in [-0.25, -0.2) is 0 Å². The Morgan fingerprint density at radius 2 is 1.72 bits per heavy atom. The summed E-state index contributed by atoms with van der Waals surface area (Å²) in [6, 6.07) is 11.4. The summed E-state index contributed by atoms with van der Waals surface area (Å²) < 4.78 is 11.1. The number of rotatable bonds is 10. The van der Waals surface area contributed by atoms with Crippen LogP contribution in [-0.4, -0.2) is 30.0 Å². The van der Waals surface area contributed by atoms with Gasteiger partial charge in [-0.2, -0.15) is 0 Å². The van der Waals surface area contributed by atoms with E-state index in [9.17, 15) is 19.7 Å². The normalized spacial score (nSPS) is 10.9. The van der Waals surface area contributed by atoms with Crippen LogP contribution in [-0.2, 0) is 9.59 Å². The lowest BCUT2D eigenvalue weighted by molar-refractivity contribution is -0.384. The first kappa shape index (κ1) is 24.6. The van der Waals surface area contributed by atoms with Crippen LogP contribution in [0.25, 0.3) is 0 Å². The summed E-state index contributed by atoms with van der Waals surface area (Å²) >= 11 is 0. The number of carbonyl (C=O) groups is 2. The molecule has 0 spiro atoms. The number of nitrogens with one attached hydrogen (secondary N) is 2. The highest BCUT2D eigenvalue weighted by molar-refractivity contribution is 5.85. The van der Waals surface area contributed by atoms with Gasteiger partial charge in [0.15, 0.2) is 6.61 Å². The Kier molecular flexibility index (Phi) is 8.57. The predicted octanol–water partition coefficient (Wildman–Crippen LogP) is 3.62. The van der Waals surface area contributed by atoms with Gasteiger partial charge in [0.1, 0.15) is 11.5 Å². The van der Waals surface area contributed by atoms with Crippen molar-refractivity contribution >= 4 is 17.5 Å². The Hall–Kier alpha value is -3.62. The van der Waals surface area contributed by atoms with Crippen LogP contribution in [0, 0.1) is 29.4 Å². The van der Waals surface area contributed by atoms with Crippen LogP contribution in [0.4, 0.5) is 5.69 Å². The largest absolute Gasteiger partial charge is 0.493 e. The monoisotopic (exact) mass is 443 g/mol. The van der Waals surface area contributed by atoms with Crippen molar-refractivity contribution < 1.29 is 24.0 Å². The summed E-state index contributed by atoms with van der Waals surface area (Å²) in [6.45, 7) is 7.71. The summed E-state index contributed by atoms with van der Waals surface area (Å²) in [5.74, 6) is 0.271. The maximum atomic E-state index is 12.4. The van der Waals surface area contributed by atoms with E-state index in [0.29, 0.717) is 25.2 Å². The molecule has 2 amide bonds. The Bertz CT molecular complexity index is 957. The molecule has 0 saturated carbocycles. The fourth-order valence-electron chi connectivity index (χ4n) is 2.82. The van der Waals surface area contributed by atoms with Crippen LogP contribution >= 0.6 is 0 Å². The minimum Gasteiger partial charge on any atom is -0.493 e. The first-order valence-electron chi connectivity index (χ1n) is 10.2. The minimum atomic E-state index is -0.711. The summed E-state index contributed by atoms with van der Waals surface area (Å²) in [5, 5.41) is 10.6. The lowest BCUT2D eigenvalue weighted by Crippen LogP contribution is -2.48. The second-order valence-electron chi connectivity index (χ2n) is 8.15. The van der Waals surface area contributed by atoms with Crippen molar-refractivity contribution in [3.63, 3.8) is 0 Å². The van der Waals surface area contributed by atoms with Crippen LogP contribution in [0.15, 0.2) is 42.5 Å². The molecule has 9 heteroatoms. The highest BCUT2D eigenvalue weighted by Gasteiger charge is 2.27. The first-order valence-corrected chi connectivity index (χ1v) is 10.2. The second-order valence-corrected chi connectivity index (χ2v) is 8.15. The number of ether oxygens (including phenoxy) is 2. The van der Waals surface area contributed by atoms with Crippen LogP contribution < -0.4 is 20.3 Å². The number of amides is 2. The summed E-state index contributed by atoms with van der Waals surface area (Å²) in [7, 11) is 0. The van der Waals surface area contributed by atoms with Gasteiger partial charge in [0.05, 0.1) is 11.5 Å². The Labute approximate surface area is 187 Å². The van der Waals surface area contributed by atoms with Gasteiger partial charge in [0.25, 0.3) is 11.6 Å². The summed E-state index contributed by atoms with van der Waals surface area (Å²) in [4.78, 5) is 34.5. The molecule has 2 aromatic rings. The van der Waals surface area contributed by atoms with E-state index in [1.807, 2.05) is 32.0 Å². The smallest absolute Gasteiger partial charge is 0.276 e. The van der Waals surface area contributed by atoms with E-state index >= 15 is 0 Å². The number of benzene rings is 2. The number of nitro groups is 1. The van der Waals surface area contributed by atoms with E-state index in [-0.39, 0.29) is 18.2 Å². The van der Waals surface area contributed by atoms with Crippen molar-refractivity contribution in [2.75, 3.05) is 13.2 Å². The molecule has 172 valence electrons. The Morgan fingerprint density at radius 3 is 2.38 bits per heavy atom. The van der Waals surface area contributed by atoms with Gasteiger partial charge < -0.3 is 9.47 Å². The van der Waals surface area contributed by atoms with E-state index < -0.39 is 16.2 Å². The number of carbonyl (C=O) groups excluding carboxylic acids is 2. The zero-order valence-electron chi connectivity index (χ0n) is 18.8. The molecular formula is C23H29N3O6. The number of hydrogen-bond acceptors (Lipinski definition) is 6. The zero-order chi connectivity index (χ0) is 23.7. The highest BCUT2D eigenvalue weighted by atomic mass is 16.6. The number of nitrogens with zero attached hydrogens (tertiary/aromatic N) is 1. The van der Waals surface area contributed by atoms with Gasteiger partial charge in [-0.15, -0.1) is 0 Å². The highest BCUT2D eigenvalue weighted by Crippen LogP contribution is 2.24. The fourth-order valence-corrected chi connectivity index (χ4v) is 2.82. The van der Waals surface area contributed by atoms with E-state index in [0.717, 1.165) is 16.9 Å². The zero-order valence-corrected chi connectivity index (χ0v) is 18.8. The average Bonchev–Trinajstić information content (AvgIpc) is 2.76. The molecular weight excluding hydrogens is 414 g/mol. The van der Waals surface area contributed by atoms with Crippen molar-refractivity contribution in [3.05, 3.63) is 63.7 Å². The van der Waals surface area contributed by atoms with E-state index in [1.165, 1.54) is 24.3 Å². The third-order valence-corrected chi connectivity index (χ3v) is 4.89. The summed E-state index contributed by atoms with van der Waals surface area (Å²) in [6.07, 6.45) is 1.24. The Balaban J connectivity index is 1.70. The van der Waals surface area contributed by atoms with Crippen molar-refractivity contribution in [3.8, 4) is 11.5 Å². The van der Waals surface area contributed by atoms with Gasteiger partial charge >= 0.3 is 0 Å². The van der Waals surface area contributed by atoms with Crippen LogP contribution in [0.1, 0.15) is 37.8 Å². The summed E-state index contributed by atoms with van der Waals surface area (Å²) in [5.41, 5.74) is 6.13. The lowest BCUT2D eigenvalue weighted by Gasteiger charge is -2.23. The first-order chi connectivity index (χ1) is 15.1. The topological polar surface area (TPSA) is 120 Å². The molecule has 2 rings (SSSR count). The standard InChI is InChI=1S/C23H29N3O6/c1-16-6-7-17(2)20(14-16)31-13-5-12-23(3,4)22(28)25-24-21(27)15-32-19-10-8-18(9-11-19)26(29)30/h6-11,14H,5,12-13,15H2,1-4H3,(H,24,27)(H,25,28). The van der Waals surface area contributed by atoms with Crippen molar-refractivity contribution in [1.29, 1.82) is 0 Å². The molecule has 2 aromatic carbocycles. The molecule has 0 aliphatic rings. The number of non-ortho nitro benzene ring substituents is 1. The number of aryl methyl sites for hydroxylation is 2. The third-order valence-electron chi connectivity index (χ3n) is 4.89.